The number of nitrogens with one attached hydrogen (secondary N) is 1. The van der Waals surface area contributed by atoms with Gasteiger partial charge in [-0.1, -0.05) is 37.3 Å². The van der Waals surface area contributed by atoms with Crippen LogP contribution in [-0.2, 0) is 6.42 Å². The molecule has 32 heavy (non-hydrogen) atoms. The second-order valence-electron chi connectivity index (χ2n) is 7.26. The van der Waals surface area contributed by atoms with Crippen LogP contribution in [0.25, 0.3) is 10.9 Å². The van der Waals surface area contributed by atoms with E-state index >= 15 is 0 Å². The summed E-state index contributed by atoms with van der Waals surface area (Å²) in [5.41, 5.74) is 3.30. The molecule has 0 aliphatic carbocycles. The van der Waals surface area contributed by atoms with Gasteiger partial charge in [0.1, 0.15) is 5.75 Å². The molecule has 166 valence electrons. The zero-order chi connectivity index (χ0) is 21.5. The SMILES string of the molecule is CCCN(c1ccncc1)n1ccc2cc(OC(=O)NCCc3ccccc3)ccc21.Cl. The lowest BCUT2D eigenvalue weighted by Crippen LogP contribution is -2.29. The largest absolute Gasteiger partial charge is 0.412 e. The summed E-state index contributed by atoms with van der Waals surface area (Å²) < 4.78 is 7.60. The molecule has 0 aliphatic rings. The molecule has 0 unspecified atom stereocenters. The number of carbonyl (C=O) groups excluding carboxylic acids is 1. The number of anilines is 1. The predicted octanol–water partition coefficient (Wildman–Crippen LogP) is 5.47. The highest BCUT2D eigenvalue weighted by molar-refractivity contribution is 5.85. The third-order valence-corrected chi connectivity index (χ3v) is 5.03. The lowest BCUT2D eigenvalue weighted by molar-refractivity contribution is 0.200. The van der Waals surface area contributed by atoms with Gasteiger partial charge in [-0.2, -0.15) is 0 Å². The van der Waals surface area contributed by atoms with Crippen molar-refractivity contribution in [2.75, 3.05) is 18.1 Å². The second kappa shape index (κ2) is 11.2. The molecule has 2 aromatic heterocycles. The van der Waals surface area contributed by atoms with Gasteiger partial charge in [0.05, 0.1) is 11.2 Å². The van der Waals surface area contributed by atoms with Crippen molar-refractivity contribution >= 4 is 35.1 Å². The number of benzene rings is 2. The van der Waals surface area contributed by atoms with Gasteiger partial charge in [-0.25, -0.2) is 4.79 Å². The number of nitrogens with zero attached hydrogens (tertiary/aromatic N) is 3. The van der Waals surface area contributed by atoms with Crippen LogP contribution in [0.1, 0.15) is 18.9 Å². The van der Waals surface area contributed by atoms with E-state index in [2.05, 4.69) is 26.9 Å². The summed E-state index contributed by atoms with van der Waals surface area (Å²) in [5, 5.41) is 6.02. The zero-order valence-corrected chi connectivity index (χ0v) is 18.8. The number of pyridine rings is 1. The Labute approximate surface area is 194 Å². The average molecular weight is 451 g/mol. The van der Waals surface area contributed by atoms with Crippen LogP contribution in [0.3, 0.4) is 0 Å². The van der Waals surface area contributed by atoms with Crippen LogP contribution >= 0.6 is 12.4 Å². The van der Waals surface area contributed by atoms with Gasteiger partial charge in [0.25, 0.3) is 0 Å². The van der Waals surface area contributed by atoms with E-state index in [0.29, 0.717) is 12.3 Å². The third kappa shape index (κ3) is 5.59. The normalized spacial score (nSPS) is 10.4. The molecule has 0 saturated heterocycles. The van der Waals surface area contributed by atoms with Crippen molar-refractivity contribution in [3.05, 3.63) is 90.9 Å². The van der Waals surface area contributed by atoms with E-state index in [1.54, 1.807) is 12.4 Å². The van der Waals surface area contributed by atoms with Crippen molar-refractivity contribution in [2.45, 2.75) is 19.8 Å². The minimum absolute atomic E-state index is 0. The molecular formula is C25H27ClN4O2. The Balaban J connectivity index is 0.00000289. The Morgan fingerprint density at radius 2 is 1.84 bits per heavy atom. The Morgan fingerprint density at radius 3 is 2.59 bits per heavy atom. The van der Waals surface area contributed by atoms with Crippen molar-refractivity contribution in [1.29, 1.82) is 0 Å². The topological polar surface area (TPSA) is 59.4 Å². The van der Waals surface area contributed by atoms with Crippen LogP contribution in [0.15, 0.2) is 85.3 Å². The number of amides is 1. The van der Waals surface area contributed by atoms with Crippen LogP contribution in [-0.4, -0.2) is 28.8 Å². The molecular weight excluding hydrogens is 424 g/mol. The maximum Gasteiger partial charge on any atom is 0.412 e. The zero-order valence-electron chi connectivity index (χ0n) is 18.0. The fourth-order valence-corrected chi connectivity index (χ4v) is 3.57. The molecule has 2 heterocycles. The summed E-state index contributed by atoms with van der Waals surface area (Å²) in [6, 6.07) is 21.8. The van der Waals surface area contributed by atoms with E-state index in [9.17, 15) is 4.79 Å². The standard InChI is InChI=1S/C25H26N4O2.ClH/c1-2-17-28(22-11-14-26-15-12-22)29-18-13-21-19-23(8-9-24(21)29)31-25(30)27-16-10-20-6-4-3-5-7-20;/h3-9,11-15,18-19H,2,10,16-17H2,1H3,(H,27,30);1H. The minimum atomic E-state index is -0.445. The smallest absolute Gasteiger partial charge is 0.410 e. The Kier molecular flexibility index (Phi) is 8.11. The first-order valence-corrected chi connectivity index (χ1v) is 10.5. The van der Waals surface area contributed by atoms with Gasteiger partial charge < -0.3 is 10.1 Å². The van der Waals surface area contributed by atoms with Gasteiger partial charge in [0.2, 0.25) is 0 Å². The van der Waals surface area contributed by atoms with Gasteiger partial charge in [-0.3, -0.25) is 14.7 Å². The lowest BCUT2D eigenvalue weighted by atomic mass is 10.1. The van der Waals surface area contributed by atoms with Crippen molar-refractivity contribution in [1.82, 2.24) is 15.0 Å². The molecule has 0 fully saturated rings. The monoisotopic (exact) mass is 450 g/mol. The molecule has 1 N–H and O–H groups in total. The van der Waals surface area contributed by atoms with Gasteiger partial charge in [0.15, 0.2) is 0 Å². The minimum Gasteiger partial charge on any atom is -0.410 e. The fourth-order valence-electron chi connectivity index (χ4n) is 3.57. The van der Waals surface area contributed by atoms with E-state index in [0.717, 1.165) is 36.0 Å². The molecule has 4 aromatic rings. The predicted molar refractivity (Wildman–Crippen MR) is 131 cm³/mol. The first-order valence-electron chi connectivity index (χ1n) is 10.5. The summed E-state index contributed by atoms with van der Waals surface area (Å²) >= 11 is 0. The average Bonchev–Trinajstić information content (AvgIpc) is 3.21. The number of ether oxygens (including phenoxy) is 1. The lowest BCUT2D eigenvalue weighted by Gasteiger charge is -2.26. The maximum atomic E-state index is 12.2. The first-order chi connectivity index (χ1) is 15.2. The molecule has 0 bridgehead atoms. The highest BCUT2D eigenvalue weighted by Crippen LogP contribution is 2.25. The summed E-state index contributed by atoms with van der Waals surface area (Å²) in [4.78, 5) is 16.3. The van der Waals surface area contributed by atoms with Gasteiger partial charge in [-0.15, -0.1) is 12.4 Å². The molecule has 0 saturated carbocycles. The van der Waals surface area contributed by atoms with Gasteiger partial charge >= 0.3 is 6.09 Å². The van der Waals surface area contributed by atoms with Gasteiger partial charge in [-0.05, 0) is 54.8 Å². The van der Waals surface area contributed by atoms with E-state index in [1.165, 1.54) is 5.56 Å². The Hall–Kier alpha value is -3.51. The maximum absolute atomic E-state index is 12.2. The fraction of sp³-hybridized carbons (Fsp3) is 0.200. The van der Waals surface area contributed by atoms with Crippen molar-refractivity contribution in [3.63, 3.8) is 0 Å². The van der Waals surface area contributed by atoms with E-state index in [1.807, 2.05) is 72.9 Å². The number of hydrogen-bond acceptors (Lipinski definition) is 4. The Morgan fingerprint density at radius 1 is 1.06 bits per heavy atom. The molecule has 0 atom stereocenters. The summed E-state index contributed by atoms with van der Waals surface area (Å²) in [7, 11) is 0. The summed E-state index contributed by atoms with van der Waals surface area (Å²) in [6.45, 7) is 3.55. The number of fused-ring (bicyclic) bond motifs is 1. The second-order valence-corrected chi connectivity index (χ2v) is 7.26. The van der Waals surface area contributed by atoms with Crippen molar-refractivity contribution in [3.8, 4) is 5.75 Å². The molecule has 6 nitrogen and oxygen atoms in total. The Bertz CT molecular complexity index is 1130. The summed E-state index contributed by atoms with van der Waals surface area (Å²) in [5.74, 6) is 0.522. The number of aromatic nitrogens is 2. The van der Waals surface area contributed by atoms with E-state index in [-0.39, 0.29) is 12.4 Å². The highest BCUT2D eigenvalue weighted by atomic mass is 35.5. The van der Waals surface area contributed by atoms with Crippen LogP contribution < -0.4 is 15.1 Å². The number of hydrogen-bond donors (Lipinski definition) is 1. The molecule has 0 spiro atoms. The quantitative estimate of drug-likeness (QED) is 0.386. The summed E-state index contributed by atoms with van der Waals surface area (Å²) in [6.07, 6.45) is 6.95. The number of carbonyl (C=O) groups is 1. The first kappa shape index (κ1) is 23.2. The van der Waals surface area contributed by atoms with E-state index in [4.69, 9.17) is 4.74 Å². The van der Waals surface area contributed by atoms with Crippen LogP contribution in [0, 0.1) is 0 Å². The molecule has 0 aliphatic heterocycles. The molecule has 4 rings (SSSR count). The molecule has 0 radical (unpaired) electrons. The highest BCUT2D eigenvalue weighted by Gasteiger charge is 2.12. The molecule has 1 amide bonds. The number of rotatable bonds is 8. The number of halogens is 1. The van der Waals surface area contributed by atoms with Crippen molar-refractivity contribution in [2.24, 2.45) is 0 Å². The molecule has 7 heteroatoms. The van der Waals surface area contributed by atoms with Crippen LogP contribution in [0.4, 0.5) is 10.5 Å². The third-order valence-electron chi connectivity index (χ3n) is 5.03. The van der Waals surface area contributed by atoms with Crippen LogP contribution in [0.2, 0.25) is 0 Å². The molecule has 2 aromatic carbocycles. The van der Waals surface area contributed by atoms with Crippen LogP contribution in [0.5, 0.6) is 5.75 Å². The van der Waals surface area contributed by atoms with E-state index < -0.39 is 6.09 Å². The van der Waals surface area contributed by atoms with Crippen molar-refractivity contribution < 1.29 is 9.53 Å². The van der Waals surface area contributed by atoms with Gasteiger partial charge in [0, 0.05) is 37.1 Å².